The van der Waals surface area contributed by atoms with E-state index in [9.17, 15) is 13.6 Å². The van der Waals surface area contributed by atoms with Crippen LogP contribution in [0.2, 0.25) is 0 Å². The molecule has 0 saturated carbocycles. The molecule has 2 aromatic heterocycles. The maximum Gasteiger partial charge on any atom is 0.281 e. The van der Waals surface area contributed by atoms with Gasteiger partial charge in [-0.1, -0.05) is 0 Å². The average molecular weight is 549 g/mol. The van der Waals surface area contributed by atoms with Crippen LogP contribution in [-0.4, -0.2) is 115 Å². The average Bonchev–Trinajstić information content (AvgIpc) is 2.98. The van der Waals surface area contributed by atoms with Crippen molar-refractivity contribution in [3.63, 3.8) is 0 Å². The molecule has 0 bridgehead atoms. The number of nitrogens with zero attached hydrogens (tertiary/aromatic N) is 8. The number of rotatable bonds is 8. The van der Waals surface area contributed by atoms with E-state index in [1.54, 1.807) is 4.90 Å². The Labute approximate surface area is 225 Å². The summed E-state index contributed by atoms with van der Waals surface area (Å²) in [5, 5.41) is 3.33. The standard InChI is InChI=1S/C24H34F2N10O3/c25-20(26)19-17(13-29-22(27)30-19)21-31-23(33-24(32-21)36-9-11-38-12-10-36)35-7-5-34(6-8-35)18(37)15-39-14-16-1-3-28-4-2-16/h13,16,20,28H,1-12,14-15H2,(H2,27,29,30). The first-order valence-electron chi connectivity index (χ1n) is 13.3. The molecular weight excluding hydrogens is 514 g/mol. The van der Waals surface area contributed by atoms with Crippen molar-refractivity contribution in [2.24, 2.45) is 5.92 Å². The summed E-state index contributed by atoms with van der Waals surface area (Å²) in [6.07, 6.45) is 0.458. The minimum atomic E-state index is -2.89. The first kappa shape index (κ1) is 27.3. The highest BCUT2D eigenvalue weighted by atomic mass is 19.3. The van der Waals surface area contributed by atoms with Crippen molar-refractivity contribution in [3.8, 4) is 11.4 Å². The van der Waals surface area contributed by atoms with Gasteiger partial charge in [0.25, 0.3) is 6.43 Å². The molecular formula is C24H34F2N10O3. The Morgan fingerprint density at radius 3 is 2.36 bits per heavy atom. The Balaban J connectivity index is 1.29. The summed E-state index contributed by atoms with van der Waals surface area (Å²) in [6, 6.07) is 0. The number of nitrogen functional groups attached to an aromatic ring is 1. The number of halogens is 2. The van der Waals surface area contributed by atoms with E-state index < -0.39 is 12.1 Å². The fourth-order valence-corrected chi connectivity index (χ4v) is 4.88. The number of piperazine rings is 1. The number of hydrogen-bond acceptors (Lipinski definition) is 12. The number of anilines is 3. The lowest BCUT2D eigenvalue weighted by molar-refractivity contribution is -0.137. The summed E-state index contributed by atoms with van der Waals surface area (Å²) in [6.45, 7) is 6.66. The number of morpholine rings is 1. The third kappa shape index (κ3) is 6.83. The number of alkyl halides is 2. The molecule has 15 heteroatoms. The van der Waals surface area contributed by atoms with Gasteiger partial charge in [-0.3, -0.25) is 4.79 Å². The van der Waals surface area contributed by atoms with Crippen LogP contribution in [-0.2, 0) is 14.3 Å². The molecule has 3 N–H and O–H groups in total. The molecule has 0 unspecified atom stereocenters. The van der Waals surface area contributed by atoms with Crippen LogP contribution in [0.4, 0.5) is 26.6 Å². The van der Waals surface area contributed by atoms with Crippen molar-refractivity contribution in [2.45, 2.75) is 19.3 Å². The first-order valence-corrected chi connectivity index (χ1v) is 13.3. The number of nitrogens with one attached hydrogen (secondary N) is 1. The van der Waals surface area contributed by atoms with Gasteiger partial charge in [0.05, 0.1) is 25.4 Å². The van der Waals surface area contributed by atoms with Crippen molar-refractivity contribution < 1.29 is 23.0 Å². The van der Waals surface area contributed by atoms with E-state index in [0.717, 1.165) is 25.9 Å². The second-order valence-corrected chi connectivity index (χ2v) is 9.76. The van der Waals surface area contributed by atoms with Crippen LogP contribution in [0.15, 0.2) is 6.20 Å². The number of piperidine rings is 1. The summed E-state index contributed by atoms with van der Waals surface area (Å²) < 4.78 is 38.8. The lowest BCUT2D eigenvalue weighted by atomic mass is 9.99. The summed E-state index contributed by atoms with van der Waals surface area (Å²) in [5.74, 6) is 0.938. The van der Waals surface area contributed by atoms with Crippen molar-refractivity contribution in [3.05, 3.63) is 11.9 Å². The summed E-state index contributed by atoms with van der Waals surface area (Å²) >= 11 is 0. The largest absolute Gasteiger partial charge is 0.378 e. The van der Waals surface area contributed by atoms with Gasteiger partial charge in [-0.15, -0.1) is 0 Å². The van der Waals surface area contributed by atoms with E-state index in [2.05, 4.69) is 30.2 Å². The van der Waals surface area contributed by atoms with Crippen molar-refractivity contribution in [1.29, 1.82) is 0 Å². The minimum Gasteiger partial charge on any atom is -0.378 e. The molecule has 0 radical (unpaired) electrons. The van der Waals surface area contributed by atoms with Crippen molar-refractivity contribution in [2.75, 3.05) is 94.3 Å². The van der Waals surface area contributed by atoms with Crippen LogP contribution < -0.4 is 20.9 Å². The fraction of sp³-hybridized carbons (Fsp3) is 0.667. The highest BCUT2D eigenvalue weighted by Crippen LogP contribution is 2.30. The molecule has 39 heavy (non-hydrogen) atoms. The topological polar surface area (TPSA) is 148 Å². The normalized spacial score (nSPS) is 19.1. The number of carbonyl (C=O) groups excluding carboxylic acids is 1. The molecule has 3 saturated heterocycles. The first-order chi connectivity index (χ1) is 19.0. The second-order valence-electron chi connectivity index (χ2n) is 9.76. The zero-order valence-electron chi connectivity index (χ0n) is 21.8. The number of aromatic nitrogens is 5. The van der Waals surface area contributed by atoms with Crippen LogP contribution in [0.1, 0.15) is 25.0 Å². The maximum atomic E-state index is 13.8. The predicted octanol–water partition coefficient (Wildman–Crippen LogP) is 0.350. The van der Waals surface area contributed by atoms with Crippen LogP contribution in [0, 0.1) is 5.92 Å². The summed E-state index contributed by atoms with van der Waals surface area (Å²) in [4.78, 5) is 39.6. The highest BCUT2D eigenvalue weighted by Gasteiger charge is 2.27. The third-order valence-electron chi connectivity index (χ3n) is 7.14. The molecule has 3 aliphatic heterocycles. The van der Waals surface area contributed by atoms with E-state index in [1.807, 2.05) is 9.80 Å². The van der Waals surface area contributed by atoms with Gasteiger partial charge in [0.1, 0.15) is 12.3 Å². The van der Waals surface area contributed by atoms with E-state index in [1.165, 1.54) is 6.20 Å². The second kappa shape index (κ2) is 12.7. The van der Waals surface area contributed by atoms with Gasteiger partial charge in [0.15, 0.2) is 5.82 Å². The highest BCUT2D eigenvalue weighted by molar-refractivity contribution is 5.77. The van der Waals surface area contributed by atoms with Crippen LogP contribution in [0.3, 0.4) is 0 Å². The Morgan fingerprint density at radius 2 is 1.69 bits per heavy atom. The minimum absolute atomic E-state index is 0.00271. The monoisotopic (exact) mass is 548 g/mol. The van der Waals surface area contributed by atoms with Crippen LogP contribution >= 0.6 is 0 Å². The van der Waals surface area contributed by atoms with Gasteiger partial charge in [0.2, 0.25) is 23.8 Å². The molecule has 0 aliphatic carbocycles. The van der Waals surface area contributed by atoms with Crippen LogP contribution in [0.25, 0.3) is 11.4 Å². The molecule has 212 valence electrons. The molecule has 1 amide bonds. The molecule has 3 aliphatic rings. The van der Waals surface area contributed by atoms with Crippen molar-refractivity contribution >= 4 is 23.8 Å². The Morgan fingerprint density at radius 1 is 1.03 bits per heavy atom. The summed E-state index contributed by atoms with van der Waals surface area (Å²) in [5.41, 5.74) is 5.02. The molecule has 2 aromatic rings. The Kier molecular flexibility index (Phi) is 8.88. The molecule has 5 rings (SSSR count). The fourth-order valence-electron chi connectivity index (χ4n) is 4.88. The summed E-state index contributed by atoms with van der Waals surface area (Å²) in [7, 11) is 0. The quantitative estimate of drug-likeness (QED) is 0.469. The Hall–Kier alpha value is -3.30. The zero-order chi connectivity index (χ0) is 27.2. The smallest absolute Gasteiger partial charge is 0.281 e. The zero-order valence-corrected chi connectivity index (χ0v) is 21.8. The molecule has 5 heterocycles. The number of amides is 1. The third-order valence-corrected chi connectivity index (χ3v) is 7.14. The van der Waals surface area contributed by atoms with E-state index in [4.69, 9.17) is 15.2 Å². The van der Waals surface area contributed by atoms with Gasteiger partial charge < -0.3 is 35.2 Å². The predicted molar refractivity (Wildman–Crippen MR) is 138 cm³/mol. The van der Waals surface area contributed by atoms with Gasteiger partial charge in [-0.05, 0) is 31.8 Å². The SMILES string of the molecule is Nc1ncc(-c2nc(N3CCOCC3)nc(N3CCN(C(=O)COCC4CCNCC4)CC3)n2)c(C(F)F)n1. The molecule has 0 spiro atoms. The van der Waals surface area contributed by atoms with E-state index in [0.29, 0.717) is 76.9 Å². The molecule has 13 nitrogen and oxygen atoms in total. The van der Waals surface area contributed by atoms with Gasteiger partial charge in [-0.25, -0.2) is 18.7 Å². The molecule has 0 atom stereocenters. The lowest BCUT2D eigenvalue weighted by Gasteiger charge is -2.35. The van der Waals surface area contributed by atoms with Crippen LogP contribution in [0.5, 0.6) is 0 Å². The van der Waals surface area contributed by atoms with Gasteiger partial charge >= 0.3 is 0 Å². The van der Waals surface area contributed by atoms with E-state index in [-0.39, 0.29) is 29.9 Å². The van der Waals surface area contributed by atoms with Crippen molar-refractivity contribution in [1.82, 2.24) is 35.1 Å². The van der Waals surface area contributed by atoms with E-state index >= 15 is 0 Å². The number of hydrogen-bond donors (Lipinski definition) is 2. The van der Waals surface area contributed by atoms with Gasteiger partial charge in [0, 0.05) is 45.5 Å². The lowest BCUT2D eigenvalue weighted by Crippen LogP contribution is -2.50. The Bertz CT molecular complexity index is 1120. The molecule has 3 fully saturated rings. The number of nitrogens with two attached hydrogens (primary N) is 1. The maximum absolute atomic E-state index is 13.8. The number of carbonyl (C=O) groups is 1. The molecule has 0 aromatic carbocycles. The number of ether oxygens (including phenoxy) is 2. The van der Waals surface area contributed by atoms with Gasteiger partial charge in [-0.2, -0.15) is 15.0 Å².